The molecule has 1 rings (SSSR count). The minimum absolute atomic E-state index is 0.666. The third-order valence-corrected chi connectivity index (χ3v) is 2.68. The Hall–Kier alpha value is -1.20. The van der Waals surface area contributed by atoms with Crippen molar-refractivity contribution in [2.75, 3.05) is 38.8 Å². The maximum absolute atomic E-state index is 5.40. The number of hydrogen-bond acceptors (Lipinski definition) is 5. The lowest BCUT2D eigenvalue weighted by molar-refractivity contribution is 0.0691. The molecule has 0 aliphatic rings. The number of methoxy groups -OCH3 is 1. The zero-order valence-corrected chi connectivity index (χ0v) is 12.0. The van der Waals surface area contributed by atoms with Gasteiger partial charge in [0.1, 0.15) is 12.1 Å². The topological polar surface area (TPSA) is 56.3 Å². The number of rotatable bonds is 11. The number of unbranched alkanes of at least 4 members (excludes halogenated alkanes) is 1. The molecule has 0 atom stereocenters. The molecule has 0 unspecified atom stereocenters. The van der Waals surface area contributed by atoms with Crippen LogP contribution in [-0.2, 0) is 15.9 Å². The lowest BCUT2D eigenvalue weighted by Crippen LogP contribution is -2.07. The van der Waals surface area contributed by atoms with Crippen molar-refractivity contribution in [3.05, 3.63) is 18.1 Å². The molecule has 5 heteroatoms. The molecule has 0 saturated heterocycles. The van der Waals surface area contributed by atoms with Crippen molar-refractivity contribution in [1.82, 2.24) is 9.97 Å². The zero-order chi connectivity index (χ0) is 13.8. The summed E-state index contributed by atoms with van der Waals surface area (Å²) in [6.07, 6.45) is 5.85. The van der Waals surface area contributed by atoms with E-state index in [-0.39, 0.29) is 0 Å². The monoisotopic (exact) mass is 267 g/mol. The first-order chi connectivity index (χ1) is 9.36. The number of aromatic nitrogens is 2. The number of anilines is 1. The highest BCUT2D eigenvalue weighted by Gasteiger charge is 1.97. The van der Waals surface area contributed by atoms with E-state index in [9.17, 15) is 0 Å². The molecule has 0 bridgehead atoms. The smallest absolute Gasteiger partial charge is 0.129 e. The predicted molar refractivity (Wildman–Crippen MR) is 76.4 cm³/mol. The van der Waals surface area contributed by atoms with E-state index in [1.54, 1.807) is 13.4 Å². The molecule has 1 heterocycles. The van der Waals surface area contributed by atoms with Crippen LogP contribution in [0.3, 0.4) is 0 Å². The molecule has 0 spiro atoms. The van der Waals surface area contributed by atoms with Gasteiger partial charge in [-0.05, 0) is 19.3 Å². The molecular formula is C14H25N3O2. The van der Waals surface area contributed by atoms with Gasteiger partial charge in [-0.25, -0.2) is 9.97 Å². The van der Waals surface area contributed by atoms with Crippen LogP contribution >= 0.6 is 0 Å². The van der Waals surface area contributed by atoms with Crippen LogP contribution in [0.15, 0.2) is 12.4 Å². The summed E-state index contributed by atoms with van der Waals surface area (Å²) in [7, 11) is 1.68. The van der Waals surface area contributed by atoms with Gasteiger partial charge in [0.25, 0.3) is 0 Å². The zero-order valence-electron chi connectivity index (χ0n) is 12.0. The third kappa shape index (κ3) is 7.74. The van der Waals surface area contributed by atoms with E-state index < -0.39 is 0 Å². The van der Waals surface area contributed by atoms with Gasteiger partial charge in [-0.15, -0.1) is 0 Å². The highest BCUT2D eigenvalue weighted by molar-refractivity contribution is 5.34. The molecule has 19 heavy (non-hydrogen) atoms. The second-order valence-corrected chi connectivity index (χ2v) is 4.38. The minimum Gasteiger partial charge on any atom is -0.382 e. The molecule has 0 saturated carbocycles. The van der Waals surface area contributed by atoms with E-state index in [1.165, 1.54) is 0 Å². The highest BCUT2D eigenvalue weighted by atomic mass is 16.5. The lowest BCUT2D eigenvalue weighted by atomic mass is 10.2. The number of nitrogens with one attached hydrogen (secondary N) is 1. The van der Waals surface area contributed by atoms with Gasteiger partial charge in [-0.1, -0.05) is 13.3 Å². The summed E-state index contributed by atoms with van der Waals surface area (Å²) in [4.78, 5) is 8.44. The van der Waals surface area contributed by atoms with Crippen LogP contribution < -0.4 is 5.32 Å². The van der Waals surface area contributed by atoms with Crippen LogP contribution in [0.25, 0.3) is 0 Å². The summed E-state index contributed by atoms with van der Waals surface area (Å²) in [6, 6.07) is 2.03. The van der Waals surface area contributed by atoms with Crippen LogP contribution in [0.4, 0.5) is 5.82 Å². The summed E-state index contributed by atoms with van der Waals surface area (Å²) >= 11 is 0. The SMILES string of the molecule is CCCc1cc(NCCCCOCCOC)ncn1. The van der Waals surface area contributed by atoms with Gasteiger partial charge < -0.3 is 14.8 Å². The third-order valence-electron chi connectivity index (χ3n) is 2.68. The van der Waals surface area contributed by atoms with Crippen LogP contribution in [-0.4, -0.2) is 43.4 Å². The number of ether oxygens (including phenoxy) is 2. The number of nitrogens with zero attached hydrogens (tertiary/aromatic N) is 2. The van der Waals surface area contributed by atoms with Crippen molar-refractivity contribution in [2.45, 2.75) is 32.6 Å². The Morgan fingerprint density at radius 2 is 2.05 bits per heavy atom. The van der Waals surface area contributed by atoms with Gasteiger partial charge in [0.05, 0.1) is 13.2 Å². The van der Waals surface area contributed by atoms with Crippen molar-refractivity contribution in [2.24, 2.45) is 0 Å². The van der Waals surface area contributed by atoms with Crippen molar-refractivity contribution < 1.29 is 9.47 Å². The normalized spacial score (nSPS) is 10.6. The van der Waals surface area contributed by atoms with E-state index in [0.29, 0.717) is 13.2 Å². The van der Waals surface area contributed by atoms with E-state index >= 15 is 0 Å². The average molecular weight is 267 g/mol. The molecule has 0 aliphatic heterocycles. The Morgan fingerprint density at radius 1 is 1.16 bits per heavy atom. The van der Waals surface area contributed by atoms with E-state index in [1.807, 2.05) is 6.07 Å². The second-order valence-electron chi connectivity index (χ2n) is 4.38. The van der Waals surface area contributed by atoms with E-state index in [0.717, 1.165) is 50.3 Å². The maximum atomic E-state index is 5.40. The number of hydrogen-bond donors (Lipinski definition) is 1. The van der Waals surface area contributed by atoms with Gasteiger partial charge >= 0.3 is 0 Å². The lowest BCUT2D eigenvalue weighted by Gasteiger charge is -2.07. The summed E-state index contributed by atoms with van der Waals surface area (Å²) in [6.45, 7) is 5.19. The first kappa shape index (κ1) is 15.9. The second kappa shape index (κ2) is 10.7. The van der Waals surface area contributed by atoms with Crippen molar-refractivity contribution in [3.63, 3.8) is 0 Å². The molecular weight excluding hydrogens is 242 g/mol. The van der Waals surface area contributed by atoms with Crippen molar-refractivity contribution in [3.8, 4) is 0 Å². The quantitative estimate of drug-likeness (QED) is 0.623. The Labute approximate surface area is 115 Å². The van der Waals surface area contributed by atoms with Crippen molar-refractivity contribution in [1.29, 1.82) is 0 Å². The first-order valence-corrected chi connectivity index (χ1v) is 6.98. The van der Waals surface area contributed by atoms with Gasteiger partial charge in [0.15, 0.2) is 0 Å². The van der Waals surface area contributed by atoms with Crippen molar-refractivity contribution >= 4 is 5.82 Å². The minimum atomic E-state index is 0.666. The van der Waals surface area contributed by atoms with Gasteiger partial charge in [-0.3, -0.25) is 0 Å². The molecule has 0 fully saturated rings. The molecule has 0 amide bonds. The molecule has 5 nitrogen and oxygen atoms in total. The van der Waals surface area contributed by atoms with Crippen LogP contribution in [0.1, 0.15) is 31.9 Å². The summed E-state index contributed by atoms with van der Waals surface area (Å²) in [5.74, 6) is 0.916. The fraction of sp³-hybridized carbons (Fsp3) is 0.714. The average Bonchev–Trinajstić information content (AvgIpc) is 2.43. The van der Waals surface area contributed by atoms with Gasteiger partial charge in [-0.2, -0.15) is 0 Å². The summed E-state index contributed by atoms with van der Waals surface area (Å²) in [5, 5.41) is 3.31. The Morgan fingerprint density at radius 3 is 2.84 bits per heavy atom. The first-order valence-electron chi connectivity index (χ1n) is 6.98. The van der Waals surface area contributed by atoms with E-state index in [4.69, 9.17) is 9.47 Å². The van der Waals surface area contributed by atoms with Gasteiger partial charge in [0.2, 0.25) is 0 Å². The molecule has 0 aromatic carbocycles. The molecule has 0 aliphatic carbocycles. The Balaban J connectivity index is 2.07. The molecule has 1 aromatic heterocycles. The Bertz CT molecular complexity index is 334. The Kier molecular flexibility index (Phi) is 8.93. The fourth-order valence-electron chi connectivity index (χ4n) is 1.68. The highest BCUT2D eigenvalue weighted by Crippen LogP contribution is 2.06. The molecule has 108 valence electrons. The summed E-state index contributed by atoms with van der Waals surface area (Å²) in [5.41, 5.74) is 1.10. The standard InChI is InChI=1S/C14H25N3O2/c1-3-6-13-11-14(17-12-16-13)15-7-4-5-8-19-10-9-18-2/h11-12H,3-10H2,1-2H3,(H,15,16,17). The largest absolute Gasteiger partial charge is 0.382 e. The van der Waals surface area contributed by atoms with Crippen LogP contribution in [0.5, 0.6) is 0 Å². The van der Waals surface area contributed by atoms with Gasteiger partial charge in [0, 0.05) is 32.0 Å². The molecule has 0 radical (unpaired) electrons. The maximum Gasteiger partial charge on any atom is 0.129 e. The number of aryl methyl sites for hydroxylation is 1. The predicted octanol–water partition coefficient (Wildman–Crippen LogP) is 2.28. The van der Waals surface area contributed by atoms with E-state index in [2.05, 4.69) is 22.2 Å². The summed E-state index contributed by atoms with van der Waals surface area (Å²) < 4.78 is 10.3. The van der Waals surface area contributed by atoms with Crippen LogP contribution in [0, 0.1) is 0 Å². The fourth-order valence-corrected chi connectivity index (χ4v) is 1.68. The van der Waals surface area contributed by atoms with Crippen LogP contribution in [0.2, 0.25) is 0 Å². The molecule has 1 N–H and O–H groups in total. The molecule has 1 aromatic rings.